The minimum atomic E-state index is 0.587. The summed E-state index contributed by atoms with van der Waals surface area (Å²) in [5.41, 5.74) is 5.82. The largest absolute Gasteiger partial charge is 0.384 e. The zero-order chi connectivity index (χ0) is 12.3. The smallest absolute Gasteiger partial charge is 0.134 e. The maximum atomic E-state index is 5.82. The second-order valence-electron chi connectivity index (χ2n) is 4.76. The van der Waals surface area contributed by atoms with E-state index < -0.39 is 0 Å². The number of nitrogens with zero attached hydrogens (tertiary/aromatic N) is 3. The zero-order valence-electron chi connectivity index (χ0n) is 10.8. The second kappa shape index (κ2) is 5.34. The van der Waals surface area contributed by atoms with E-state index in [2.05, 4.69) is 28.7 Å². The first kappa shape index (κ1) is 12.1. The molecule has 1 aliphatic heterocycles. The van der Waals surface area contributed by atoms with Crippen molar-refractivity contribution >= 4 is 11.6 Å². The number of hydrogen-bond acceptors (Lipinski definition) is 4. The predicted octanol–water partition coefficient (Wildman–Crippen LogP) is 2.25. The fourth-order valence-corrected chi connectivity index (χ4v) is 2.39. The third-order valence-corrected chi connectivity index (χ3v) is 3.61. The Kier molecular flexibility index (Phi) is 3.82. The van der Waals surface area contributed by atoms with Gasteiger partial charge in [-0.2, -0.15) is 0 Å². The van der Waals surface area contributed by atoms with E-state index in [1.807, 2.05) is 6.07 Å². The van der Waals surface area contributed by atoms with Gasteiger partial charge in [-0.25, -0.2) is 9.97 Å². The second-order valence-corrected chi connectivity index (χ2v) is 4.76. The maximum Gasteiger partial charge on any atom is 0.134 e. The Balaban J connectivity index is 2.10. The summed E-state index contributed by atoms with van der Waals surface area (Å²) in [7, 11) is 0. The Morgan fingerprint density at radius 3 is 2.59 bits per heavy atom. The summed E-state index contributed by atoms with van der Waals surface area (Å²) in [5.74, 6) is 3.32. The molecule has 1 aromatic rings. The molecule has 2 rings (SSSR count). The highest BCUT2D eigenvalue weighted by Gasteiger charge is 2.19. The molecule has 17 heavy (non-hydrogen) atoms. The first-order chi connectivity index (χ1) is 8.22. The monoisotopic (exact) mass is 234 g/mol. The number of anilines is 2. The molecule has 0 spiro atoms. The minimum Gasteiger partial charge on any atom is -0.384 e. The summed E-state index contributed by atoms with van der Waals surface area (Å²) >= 11 is 0. The van der Waals surface area contributed by atoms with Gasteiger partial charge in [-0.3, -0.25) is 0 Å². The Morgan fingerprint density at radius 2 is 2.00 bits per heavy atom. The van der Waals surface area contributed by atoms with E-state index >= 15 is 0 Å². The normalized spacial score (nSPS) is 17.4. The van der Waals surface area contributed by atoms with Gasteiger partial charge in [0.1, 0.15) is 17.5 Å². The first-order valence-electron chi connectivity index (χ1n) is 6.61. The van der Waals surface area contributed by atoms with Crippen LogP contribution in [0.1, 0.15) is 38.9 Å². The number of nitrogens with two attached hydrogens (primary N) is 1. The third kappa shape index (κ3) is 2.87. The van der Waals surface area contributed by atoms with Crippen molar-refractivity contribution in [1.82, 2.24) is 9.97 Å². The molecule has 4 heteroatoms. The van der Waals surface area contributed by atoms with Gasteiger partial charge in [0.05, 0.1) is 0 Å². The third-order valence-electron chi connectivity index (χ3n) is 3.61. The number of hydrogen-bond donors (Lipinski definition) is 1. The molecule has 0 amide bonds. The zero-order valence-corrected chi connectivity index (χ0v) is 10.8. The standard InChI is InChI=1S/C13H22N4/c1-3-10-5-7-17(8-6-10)13-9-11(14)15-12(4-2)16-13/h9-10H,3-8H2,1-2H3,(H2,14,15,16). The molecule has 0 atom stereocenters. The van der Waals surface area contributed by atoms with E-state index in [-0.39, 0.29) is 0 Å². The van der Waals surface area contributed by atoms with E-state index in [1.165, 1.54) is 19.3 Å². The molecule has 2 N–H and O–H groups in total. The van der Waals surface area contributed by atoms with Crippen LogP contribution < -0.4 is 10.6 Å². The summed E-state index contributed by atoms with van der Waals surface area (Å²) in [6.45, 7) is 6.52. The Bertz CT molecular complexity index is 370. The highest BCUT2D eigenvalue weighted by molar-refractivity contribution is 5.47. The summed E-state index contributed by atoms with van der Waals surface area (Å²) in [6, 6.07) is 1.89. The van der Waals surface area contributed by atoms with E-state index in [0.717, 1.165) is 37.1 Å². The van der Waals surface area contributed by atoms with Crippen molar-refractivity contribution in [1.29, 1.82) is 0 Å². The molecular formula is C13H22N4. The van der Waals surface area contributed by atoms with Gasteiger partial charge in [0.2, 0.25) is 0 Å². The summed E-state index contributed by atoms with van der Waals surface area (Å²) in [5, 5.41) is 0. The number of rotatable bonds is 3. The molecule has 0 radical (unpaired) electrons. The van der Waals surface area contributed by atoms with Crippen molar-refractivity contribution in [2.45, 2.75) is 39.5 Å². The van der Waals surface area contributed by atoms with Crippen molar-refractivity contribution in [3.8, 4) is 0 Å². The topological polar surface area (TPSA) is 55.0 Å². The molecule has 1 saturated heterocycles. The lowest BCUT2D eigenvalue weighted by Gasteiger charge is -2.32. The molecule has 0 aromatic carbocycles. The van der Waals surface area contributed by atoms with Crippen LogP contribution in [0.25, 0.3) is 0 Å². The SMILES string of the molecule is CCc1nc(N)cc(N2CCC(CC)CC2)n1. The van der Waals surface area contributed by atoms with Crippen LogP contribution in [0.3, 0.4) is 0 Å². The van der Waals surface area contributed by atoms with Crippen molar-refractivity contribution in [3.63, 3.8) is 0 Å². The quantitative estimate of drug-likeness (QED) is 0.871. The highest BCUT2D eigenvalue weighted by Crippen LogP contribution is 2.24. The molecule has 94 valence electrons. The van der Waals surface area contributed by atoms with Gasteiger partial charge in [-0.05, 0) is 18.8 Å². The van der Waals surface area contributed by atoms with Crippen LogP contribution in [0.4, 0.5) is 11.6 Å². The van der Waals surface area contributed by atoms with Crippen molar-refractivity contribution in [3.05, 3.63) is 11.9 Å². The van der Waals surface area contributed by atoms with Crippen molar-refractivity contribution in [2.75, 3.05) is 23.7 Å². The lowest BCUT2D eigenvalue weighted by Crippen LogP contribution is -2.34. The average Bonchev–Trinajstić information content (AvgIpc) is 2.38. The van der Waals surface area contributed by atoms with Crippen LogP contribution in [0.15, 0.2) is 6.07 Å². The van der Waals surface area contributed by atoms with Gasteiger partial charge in [0, 0.05) is 25.6 Å². The van der Waals surface area contributed by atoms with Crippen LogP contribution in [0.5, 0.6) is 0 Å². The molecule has 4 nitrogen and oxygen atoms in total. The summed E-state index contributed by atoms with van der Waals surface area (Å²) in [4.78, 5) is 11.1. The lowest BCUT2D eigenvalue weighted by molar-refractivity contribution is 0.393. The van der Waals surface area contributed by atoms with Crippen molar-refractivity contribution in [2.24, 2.45) is 5.92 Å². The van der Waals surface area contributed by atoms with E-state index in [9.17, 15) is 0 Å². The van der Waals surface area contributed by atoms with Gasteiger partial charge in [0.25, 0.3) is 0 Å². The molecular weight excluding hydrogens is 212 g/mol. The Hall–Kier alpha value is -1.32. The summed E-state index contributed by atoms with van der Waals surface area (Å²) in [6.07, 6.45) is 4.66. The predicted molar refractivity (Wildman–Crippen MR) is 71.1 cm³/mol. The minimum absolute atomic E-state index is 0.587. The highest BCUT2D eigenvalue weighted by atomic mass is 15.2. The fourth-order valence-electron chi connectivity index (χ4n) is 2.39. The molecule has 0 aliphatic carbocycles. The van der Waals surface area contributed by atoms with E-state index in [4.69, 9.17) is 5.73 Å². The Morgan fingerprint density at radius 1 is 1.29 bits per heavy atom. The summed E-state index contributed by atoms with van der Waals surface area (Å²) < 4.78 is 0. The van der Waals surface area contributed by atoms with E-state index in [0.29, 0.717) is 5.82 Å². The van der Waals surface area contributed by atoms with Gasteiger partial charge in [-0.1, -0.05) is 20.3 Å². The van der Waals surface area contributed by atoms with Crippen LogP contribution in [0, 0.1) is 5.92 Å². The average molecular weight is 234 g/mol. The molecule has 0 bridgehead atoms. The molecule has 1 aromatic heterocycles. The number of aromatic nitrogens is 2. The molecule has 1 aliphatic rings. The lowest BCUT2D eigenvalue weighted by atomic mass is 9.94. The first-order valence-corrected chi connectivity index (χ1v) is 6.61. The van der Waals surface area contributed by atoms with Crippen LogP contribution >= 0.6 is 0 Å². The number of nitrogen functional groups attached to an aromatic ring is 1. The van der Waals surface area contributed by atoms with E-state index in [1.54, 1.807) is 0 Å². The number of piperidine rings is 1. The van der Waals surface area contributed by atoms with Gasteiger partial charge >= 0.3 is 0 Å². The fraction of sp³-hybridized carbons (Fsp3) is 0.692. The van der Waals surface area contributed by atoms with Crippen LogP contribution in [-0.2, 0) is 6.42 Å². The molecule has 2 heterocycles. The van der Waals surface area contributed by atoms with Gasteiger partial charge in [-0.15, -0.1) is 0 Å². The van der Waals surface area contributed by atoms with Gasteiger partial charge in [0.15, 0.2) is 0 Å². The van der Waals surface area contributed by atoms with Crippen molar-refractivity contribution < 1.29 is 0 Å². The van der Waals surface area contributed by atoms with Crippen LogP contribution in [0.2, 0.25) is 0 Å². The molecule has 0 saturated carbocycles. The Labute approximate surface area is 103 Å². The molecule has 1 fully saturated rings. The maximum absolute atomic E-state index is 5.82. The molecule has 0 unspecified atom stereocenters. The number of aryl methyl sites for hydroxylation is 1. The van der Waals surface area contributed by atoms with Crippen LogP contribution in [-0.4, -0.2) is 23.1 Å². The van der Waals surface area contributed by atoms with Gasteiger partial charge < -0.3 is 10.6 Å².